The van der Waals surface area contributed by atoms with E-state index in [0.717, 1.165) is 5.00 Å². The van der Waals surface area contributed by atoms with Crippen molar-refractivity contribution >= 4 is 22.2 Å². The number of carbonyl (C=O) groups is 1. The molecule has 4 heteroatoms. The van der Waals surface area contributed by atoms with Crippen LogP contribution in [0.5, 0.6) is 0 Å². The van der Waals surface area contributed by atoms with Crippen LogP contribution in [0.15, 0.2) is 17.5 Å². The fourth-order valence-electron chi connectivity index (χ4n) is 0.918. The summed E-state index contributed by atoms with van der Waals surface area (Å²) in [5, 5.41) is 8.70. The summed E-state index contributed by atoms with van der Waals surface area (Å²) in [7, 11) is 1.85. The largest absolute Gasteiger partial charge is 0.318 e. The minimum Gasteiger partial charge on any atom is -0.318 e. The van der Waals surface area contributed by atoms with E-state index in [0.29, 0.717) is 6.42 Å². The zero-order valence-electron chi connectivity index (χ0n) is 7.83. The van der Waals surface area contributed by atoms with Gasteiger partial charge < -0.3 is 10.6 Å². The first kappa shape index (κ1) is 10.2. The molecule has 0 aliphatic rings. The molecular weight excluding hydrogens is 184 g/mol. The minimum atomic E-state index is 0.0595. The normalized spacial score (nSPS) is 12.5. The molecule has 1 atom stereocenters. The molecule has 3 nitrogen and oxygen atoms in total. The van der Waals surface area contributed by atoms with Crippen molar-refractivity contribution in [2.75, 3.05) is 12.4 Å². The van der Waals surface area contributed by atoms with Crippen LogP contribution in [0.4, 0.5) is 5.00 Å². The monoisotopic (exact) mass is 198 g/mol. The Morgan fingerprint density at radius 3 is 3.00 bits per heavy atom. The van der Waals surface area contributed by atoms with Gasteiger partial charge in [0.15, 0.2) is 0 Å². The number of rotatable bonds is 4. The summed E-state index contributed by atoms with van der Waals surface area (Å²) in [4.78, 5) is 11.3. The molecule has 0 saturated heterocycles. The second kappa shape index (κ2) is 4.99. The predicted octanol–water partition coefficient (Wildman–Crippen LogP) is 1.68. The van der Waals surface area contributed by atoms with E-state index >= 15 is 0 Å². The van der Waals surface area contributed by atoms with Crippen LogP contribution in [-0.2, 0) is 4.79 Å². The molecule has 72 valence electrons. The van der Waals surface area contributed by atoms with Crippen molar-refractivity contribution in [3.63, 3.8) is 0 Å². The smallest absolute Gasteiger partial charge is 0.226 e. The Morgan fingerprint density at radius 1 is 1.69 bits per heavy atom. The van der Waals surface area contributed by atoms with Crippen LogP contribution in [0.2, 0.25) is 0 Å². The zero-order chi connectivity index (χ0) is 9.68. The van der Waals surface area contributed by atoms with Gasteiger partial charge in [-0.25, -0.2) is 0 Å². The molecule has 1 aromatic heterocycles. The van der Waals surface area contributed by atoms with Crippen LogP contribution in [-0.4, -0.2) is 19.0 Å². The van der Waals surface area contributed by atoms with E-state index in [1.54, 1.807) is 0 Å². The van der Waals surface area contributed by atoms with E-state index in [9.17, 15) is 4.79 Å². The summed E-state index contributed by atoms with van der Waals surface area (Å²) >= 11 is 1.53. The first-order chi connectivity index (χ1) is 6.22. The molecular formula is C9H14N2OS. The third kappa shape index (κ3) is 3.57. The summed E-state index contributed by atoms with van der Waals surface area (Å²) in [6, 6.07) is 4.04. The van der Waals surface area contributed by atoms with Crippen LogP contribution >= 0.6 is 11.3 Å². The van der Waals surface area contributed by atoms with Gasteiger partial charge in [0.05, 0.1) is 5.00 Å². The Hall–Kier alpha value is -0.870. The van der Waals surface area contributed by atoms with Gasteiger partial charge in [0.25, 0.3) is 0 Å². The van der Waals surface area contributed by atoms with E-state index in [1.165, 1.54) is 11.3 Å². The lowest BCUT2D eigenvalue weighted by Gasteiger charge is -2.08. The quantitative estimate of drug-likeness (QED) is 0.773. The van der Waals surface area contributed by atoms with Gasteiger partial charge in [0.2, 0.25) is 5.91 Å². The number of anilines is 1. The highest BCUT2D eigenvalue weighted by atomic mass is 32.1. The van der Waals surface area contributed by atoms with E-state index in [4.69, 9.17) is 0 Å². The van der Waals surface area contributed by atoms with Crippen LogP contribution in [0.1, 0.15) is 13.3 Å². The molecule has 0 aliphatic heterocycles. The molecule has 1 aromatic rings. The molecule has 1 heterocycles. The molecule has 0 aromatic carbocycles. The summed E-state index contributed by atoms with van der Waals surface area (Å²) in [5.74, 6) is 0.0595. The maximum Gasteiger partial charge on any atom is 0.226 e. The Morgan fingerprint density at radius 2 is 2.46 bits per heavy atom. The Bertz CT molecular complexity index is 259. The number of nitrogens with one attached hydrogen (secondary N) is 2. The Kier molecular flexibility index (Phi) is 3.92. The van der Waals surface area contributed by atoms with Gasteiger partial charge in [0, 0.05) is 12.5 Å². The molecule has 1 amide bonds. The van der Waals surface area contributed by atoms with Crippen molar-refractivity contribution in [1.82, 2.24) is 5.32 Å². The number of amides is 1. The van der Waals surface area contributed by atoms with Gasteiger partial charge in [-0.1, -0.05) is 0 Å². The van der Waals surface area contributed by atoms with E-state index in [2.05, 4.69) is 10.6 Å². The van der Waals surface area contributed by atoms with Gasteiger partial charge in [-0.3, -0.25) is 4.79 Å². The minimum absolute atomic E-state index is 0.0595. The molecule has 0 fully saturated rings. The van der Waals surface area contributed by atoms with Crippen molar-refractivity contribution in [2.24, 2.45) is 0 Å². The molecule has 2 N–H and O–H groups in total. The topological polar surface area (TPSA) is 41.1 Å². The van der Waals surface area contributed by atoms with E-state index in [-0.39, 0.29) is 11.9 Å². The van der Waals surface area contributed by atoms with Crippen LogP contribution < -0.4 is 10.6 Å². The standard InChI is InChI=1S/C9H14N2OS/c1-7(10-2)6-8(12)11-9-4-3-5-13-9/h3-5,7,10H,6H2,1-2H3,(H,11,12). The van der Waals surface area contributed by atoms with Crippen LogP contribution in [0, 0.1) is 0 Å². The SMILES string of the molecule is CNC(C)CC(=O)Nc1cccs1. The first-order valence-corrected chi connectivity index (χ1v) is 5.11. The number of hydrogen-bond donors (Lipinski definition) is 2. The van der Waals surface area contributed by atoms with Crippen LogP contribution in [0.25, 0.3) is 0 Å². The average Bonchev–Trinajstić information content (AvgIpc) is 2.56. The van der Waals surface area contributed by atoms with Gasteiger partial charge in [-0.15, -0.1) is 11.3 Å². The summed E-state index contributed by atoms with van der Waals surface area (Å²) in [6.45, 7) is 1.98. The van der Waals surface area contributed by atoms with Crippen LogP contribution in [0.3, 0.4) is 0 Å². The molecule has 1 rings (SSSR count). The molecule has 1 unspecified atom stereocenters. The van der Waals surface area contributed by atoms with Gasteiger partial charge in [0.1, 0.15) is 0 Å². The summed E-state index contributed by atoms with van der Waals surface area (Å²) in [5.41, 5.74) is 0. The average molecular weight is 198 g/mol. The van der Waals surface area contributed by atoms with Crippen molar-refractivity contribution in [3.05, 3.63) is 17.5 Å². The maximum atomic E-state index is 11.3. The van der Waals surface area contributed by atoms with Crippen molar-refractivity contribution in [2.45, 2.75) is 19.4 Å². The second-order valence-electron chi connectivity index (χ2n) is 2.92. The van der Waals surface area contributed by atoms with E-state index in [1.807, 2.05) is 31.5 Å². The van der Waals surface area contributed by atoms with Gasteiger partial charge in [-0.05, 0) is 31.5 Å². The number of thiophene rings is 1. The van der Waals surface area contributed by atoms with Gasteiger partial charge in [-0.2, -0.15) is 0 Å². The van der Waals surface area contributed by atoms with Gasteiger partial charge >= 0.3 is 0 Å². The summed E-state index contributed by atoms with van der Waals surface area (Å²) < 4.78 is 0. The van der Waals surface area contributed by atoms with Crippen molar-refractivity contribution in [1.29, 1.82) is 0 Å². The third-order valence-corrected chi connectivity index (χ3v) is 2.55. The molecule has 0 spiro atoms. The molecule has 13 heavy (non-hydrogen) atoms. The highest BCUT2D eigenvalue weighted by Crippen LogP contribution is 2.15. The van der Waals surface area contributed by atoms with E-state index < -0.39 is 0 Å². The second-order valence-corrected chi connectivity index (χ2v) is 3.87. The fraction of sp³-hybridized carbons (Fsp3) is 0.444. The molecule has 0 bridgehead atoms. The fourth-order valence-corrected chi connectivity index (χ4v) is 1.55. The Balaban J connectivity index is 2.34. The van der Waals surface area contributed by atoms with Crippen molar-refractivity contribution < 1.29 is 4.79 Å². The zero-order valence-corrected chi connectivity index (χ0v) is 8.65. The maximum absolute atomic E-state index is 11.3. The molecule has 0 radical (unpaired) electrons. The molecule has 0 saturated carbocycles. The lowest BCUT2D eigenvalue weighted by molar-refractivity contribution is -0.116. The number of hydrogen-bond acceptors (Lipinski definition) is 3. The highest BCUT2D eigenvalue weighted by molar-refractivity contribution is 7.14. The van der Waals surface area contributed by atoms with Crippen molar-refractivity contribution in [3.8, 4) is 0 Å². The predicted molar refractivity (Wildman–Crippen MR) is 56.1 cm³/mol. The highest BCUT2D eigenvalue weighted by Gasteiger charge is 2.06. The molecule has 0 aliphatic carbocycles. The third-order valence-electron chi connectivity index (χ3n) is 1.77. The number of carbonyl (C=O) groups excluding carboxylic acids is 1. The lowest BCUT2D eigenvalue weighted by atomic mass is 10.2. The first-order valence-electron chi connectivity index (χ1n) is 4.23. The lowest BCUT2D eigenvalue weighted by Crippen LogP contribution is -2.27. The summed E-state index contributed by atoms with van der Waals surface area (Å²) in [6.07, 6.45) is 0.508. The Labute approximate surface area is 82.2 Å².